The van der Waals surface area contributed by atoms with Crippen molar-refractivity contribution >= 4 is 32.2 Å². The molecule has 0 atom stereocenters. The maximum Gasteiger partial charge on any atom is 0.109 e. The van der Waals surface area contributed by atoms with Crippen LogP contribution in [0.4, 0.5) is 0 Å². The highest BCUT2D eigenvalue weighted by molar-refractivity contribution is 6.80. The van der Waals surface area contributed by atoms with E-state index in [1.54, 1.807) is 0 Å². The molecule has 0 nitrogen and oxygen atoms in total. The van der Waals surface area contributed by atoms with Gasteiger partial charge in [-0.05, 0) is 12.1 Å². The van der Waals surface area contributed by atoms with E-state index in [1.807, 2.05) is 30.3 Å². The second kappa shape index (κ2) is 6.14. The summed E-state index contributed by atoms with van der Waals surface area (Å²) in [6.07, 6.45) is 0. The minimum atomic E-state index is 0.778. The summed E-state index contributed by atoms with van der Waals surface area (Å²) < 4.78 is 0. The highest BCUT2D eigenvalue weighted by Crippen LogP contribution is 2.03. The van der Waals surface area contributed by atoms with Crippen LogP contribution in [0.2, 0.25) is 5.02 Å². The summed E-state index contributed by atoms with van der Waals surface area (Å²) >= 11 is 10.3. The molecule has 0 amide bonds. The predicted octanol–water partition coefficient (Wildman–Crippen LogP) is 1.85. The molecule has 0 N–H and O–H groups in total. The van der Waals surface area contributed by atoms with Crippen molar-refractivity contribution < 1.29 is 0 Å². The van der Waals surface area contributed by atoms with E-state index in [0.29, 0.717) is 0 Å². The van der Waals surface area contributed by atoms with E-state index in [9.17, 15) is 0 Å². The summed E-state index contributed by atoms with van der Waals surface area (Å²) in [4.78, 5) is 0. The van der Waals surface area contributed by atoms with Crippen LogP contribution in [0, 0.1) is 0 Å². The summed E-state index contributed by atoms with van der Waals surface area (Å²) in [7, 11) is 0.778. The number of hydrogen-bond donors (Lipinski definition) is 0. The quantitative estimate of drug-likeness (QED) is 0.421. The molecular formula is C6H8Cl2Si. The minimum Gasteiger partial charge on any atom is -0.181 e. The zero-order valence-electron chi connectivity index (χ0n) is 5.14. The van der Waals surface area contributed by atoms with Crippen LogP contribution in [0.1, 0.15) is 0 Å². The second-order valence-electron chi connectivity index (χ2n) is 1.30. The number of hydrogen-bond acceptors (Lipinski definition) is 0. The van der Waals surface area contributed by atoms with Gasteiger partial charge in [-0.25, -0.2) is 0 Å². The zero-order chi connectivity index (χ0) is 7.11. The maximum atomic E-state index is 5.54. The summed E-state index contributed by atoms with van der Waals surface area (Å²) in [6.45, 7) is 0. The summed E-state index contributed by atoms with van der Waals surface area (Å²) in [6, 6.07) is 9.44. The Bertz CT molecular complexity index is 141. The van der Waals surface area contributed by atoms with E-state index in [-0.39, 0.29) is 0 Å². The lowest BCUT2D eigenvalue weighted by Crippen LogP contribution is -1.55. The molecule has 0 aromatic heterocycles. The molecule has 50 valence electrons. The van der Waals surface area contributed by atoms with Crippen molar-refractivity contribution in [2.45, 2.75) is 0 Å². The fourth-order valence-electron chi connectivity index (χ4n) is 0.415. The van der Waals surface area contributed by atoms with E-state index in [1.165, 1.54) is 0 Å². The normalized spacial score (nSPS) is 7.78. The van der Waals surface area contributed by atoms with Gasteiger partial charge in [-0.15, -0.1) is 0 Å². The number of benzene rings is 1. The maximum absolute atomic E-state index is 5.54. The topological polar surface area (TPSA) is 0 Å². The average Bonchev–Trinajstić information content (AvgIpc) is 1.94. The van der Waals surface area contributed by atoms with E-state index < -0.39 is 0 Å². The highest BCUT2D eigenvalue weighted by atomic mass is 35.6. The smallest absolute Gasteiger partial charge is 0.109 e. The van der Waals surface area contributed by atoms with Gasteiger partial charge >= 0.3 is 0 Å². The third kappa shape index (κ3) is 4.52. The van der Waals surface area contributed by atoms with Gasteiger partial charge in [0.1, 0.15) is 9.55 Å². The minimum absolute atomic E-state index is 0.778. The molecule has 0 bridgehead atoms. The molecule has 1 aromatic rings. The van der Waals surface area contributed by atoms with Gasteiger partial charge in [0.2, 0.25) is 0 Å². The van der Waals surface area contributed by atoms with Gasteiger partial charge in [0.15, 0.2) is 0 Å². The lowest BCUT2D eigenvalue weighted by molar-refractivity contribution is 1.71. The van der Waals surface area contributed by atoms with Crippen LogP contribution in [0.5, 0.6) is 0 Å². The standard InChI is InChI=1S/C6H5Cl.ClH3Si/c7-6-4-2-1-3-5-6;1-2/h1-5H;2H3. The molecule has 0 heterocycles. The fourth-order valence-corrected chi connectivity index (χ4v) is 0.560. The first-order valence-corrected chi connectivity index (χ1v) is 5.88. The highest BCUT2D eigenvalue weighted by Gasteiger charge is 1.74. The van der Waals surface area contributed by atoms with Gasteiger partial charge in [0, 0.05) is 5.02 Å². The van der Waals surface area contributed by atoms with E-state index in [2.05, 4.69) is 0 Å². The van der Waals surface area contributed by atoms with Crippen LogP contribution in [0.25, 0.3) is 0 Å². The molecule has 0 aliphatic carbocycles. The van der Waals surface area contributed by atoms with Gasteiger partial charge < -0.3 is 0 Å². The van der Waals surface area contributed by atoms with Crippen LogP contribution in [0.3, 0.4) is 0 Å². The number of rotatable bonds is 0. The molecule has 0 saturated heterocycles. The fraction of sp³-hybridized carbons (Fsp3) is 0. The summed E-state index contributed by atoms with van der Waals surface area (Å²) in [5.74, 6) is 0. The van der Waals surface area contributed by atoms with Crippen LogP contribution in [-0.2, 0) is 0 Å². The van der Waals surface area contributed by atoms with Crippen molar-refractivity contribution in [3.05, 3.63) is 35.4 Å². The van der Waals surface area contributed by atoms with Crippen LogP contribution >= 0.6 is 22.7 Å². The summed E-state index contributed by atoms with van der Waals surface area (Å²) in [5, 5.41) is 0.794. The molecule has 0 unspecified atom stereocenters. The van der Waals surface area contributed by atoms with Crippen LogP contribution < -0.4 is 0 Å². The second-order valence-corrected chi connectivity index (χ2v) is 1.73. The number of halogens is 2. The SMILES string of the molecule is Clc1ccccc1.[SiH3]Cl. The van der Waals surface area contributed by atoms with Gasteiger partial charge in [-0.2, -0.15) is 11.1 Å². The predicted molar refractivity (Wildman–Crippen MR) is 47.2 cm³/mol. The molecule has 0 saturated carbocycles. The van der Waals surface area contributed by atoms with Gasteiger partial charge in [-0.3, -0.25) is 0 Å². The molecule has 9 heavy (non-hydrogen) atoms. The van der Waals surface area contributed by atoms with Crippen molar-refractivity contribution in [3.63, 3.8) is 0 Å². The van der Waals surface area contributed by atoms with Crippen LogP contribution in [-0.4, -0.2) is 9.55 Å². The van der Waals surface area contributed by atoms with Crippen molar-refractivity contribution in [2.24, 2.45) is 0 Å². The van der Waals surface area contributed by atoms with Crippen molar-refractivity contribution in [1.82, 2.24) is 0 Å². The van der Waals surface area contributed by atoms with Gasteiger partial charge in [0.25, 0.3) is 0 Å². The Morgan fingerprint density at radius 2 is 1.44 bits per heavy atom. The van der Waals surface area contributed by atoms with Crippen molar-refractivity contribution in [2.75, 3.05) is 0 Å². The third-order valence-corrected chi connectivity index (χ3v) is 0.985. The monoisotopic (exact) mass is 178 g/mol. The molecule has 1 aromatic carbocycles. The first kappa shape index (κ1) is 9.02. The molecule has 0 aliphatic heterocycles. The van der Waals surface area contributed by atoms with Gasteiger partial charge in [0.05, 0.1) is 0 Å². The molecule has 3 heteroatoms. The van der Waals surface area contributed by atoms with E-state index in [4.69, 9.17) is 22.7 Å². The lowest BCUT2D eigenvalue weighted by atomic mass is 10.4. The first-order valence-electron chi connectivity index (χ1n) is 2.48. The van der Waals surface area contributed by atoms with Gasteiger partial charge in [-0.1, -0.05) is 29.8 Å². The Hall–Kier alpha value is 0.0169. The van der Waals surface area contributed by atoms with E-state index in [0.717, 1.165) is 14.6 Å². The Kier molecular flexibility index (Phi) is 6.15. The Labute approximate surface area is 67.9 Å². The van der Waals surface area contributed by atoms with Crippen LogP contribution in [0.15, 0.2) is 30.3 Å². The Morgan fingerprint density at radius 1 is 1.00 bits per heavy atom. The molecule has 1 rings (SSSR count). The molecule has 0 aliphatic rings. The lowest BCUT2D eigenvalue weighted by Gasteiger charge is -1.80. The molecular weight excluding hydrogens is 171 g/mol. The van der Waals surface area contributed by atoms with Crippen molar-refractivity contribution in [3.8, 4) is 0 Å². The molecule has 0 spiro atoms. The zero-order valence-corrected chi connectivity index (χ0v) is 8.65. The average molecular weight is 179 g/mol. The largest absolute Gasteiger partial charge is 0.181 e. The van der Waals surface area contributed by atoms with Crippen molar-refractivity contribution in [1.29, 1.82) is 0 Å². The summed E-state index contributed by atoms with van der Waals surface area (Å²) in [5.41, 5.74) is 0. The Balaban J connectivity index is 0.000000291. The molecule has 0 fully saturated rings. The molecule has 0 radical (unpaired) electrons. The Morgan fingerprint density at radius 3 is 1.67 bits per heavy atom. The first-order chi connectivity index (χ1) is 4.39. The third-order valence-electron chi connectivity index (χ3n) is 0.733. The van der Waals surface area contributed by atoms with E-state index >= 15 is 0 Å².